The van der Waals surface area contributed by atoms with Crippen LogP contribution in [0.5, 0.6) is 11.5 Å². The highest BCUT2D eigenvalue weighted by atomic mass is 16.5. The molecule has 0 amide bonds. The summed E-state index contributed by atoms with van der Waals surface area (Å²) in [6, 6.07) is 7.75. The van der Waals surface area contributed by atoms with Gasteiger partial charge in [0.2, 0.25) is 0 Å². The van der Waals surface area contributed by atoms with E-state index in [9.17, 15) is 0 Å². The maximum atomic E-state index is 5.70. The maximum absolute atomic E-state index is 5.70. The van der Waals surface area contributed by atoms with Crippen molar-refractivity contribution in [2.45, 2.75) is 25.7 Å². The van der Waals surface area contributed by atoms with Crippen molar-refractivity contribution in [2.24, 2.45) is 11.3 Å². The molecule has 0 bridgehead atoms. The Morgan fingerprint density at radius 2 is 1.84 bits per heavy atom. The van der Waals surface area contributed by atoms with E-state index in [0.717, 1.165) is 30.6 Å². The summed E-state index contributed by atoms with van der Waals surface area (Å²) < 4.78 is 10.8. The second kappa shape index (κ2) is 5.41. The molecule has 3 nitrogen and oxygen atoms in total. The highest BCUT2D eigenvalue weighted by molar-refractivity contribution is 5.31. The first-order valence-electron chi connectivity index (χ1n) is 7.30. The summed E-state index contributed by atoms with van der Waals surface area (Å²) in [4.78, 5) is 0. The topological polar surface area (TPSA) is 30.5 Å². The SMILES string of the molecule is COc1ccc(OCCNCC2(C3CC3)CC2)cc1. The molecular formula is C16H23NO2. The van der Waals surface area contributed by atoms with Gasteiger partial charge in [-0.25, -0.2) is 0 Å². The lowest BCUT2D eigenvalue weighted by atomic mass is 10.0. The summed E-state index contributed by atoms with van der Waals surface area (Å²) in [7, 11) is 1.67. The predicted molar refractivity (Wildman–Crippen MR) is 75.7 cm³/mol. The molecule has 0 aliphatic heterocycles. The number of hydrogen-bond donors (Lipinski definition) is 1. The number of benzene rings is 1. The highest BCUT2D eigenvalue weighted by Gasteiger charge is 2.53. The van der Waals surface area contributed by atoms with Crippen LogP contribution >= 0.6 is 0 Å². The molecule has 0 radical (unpaired) electrons. The van der Waals surface area contributed by atoms with E-state index in [1.165, 1.54) is 32.2 Å². The van der Waals surface area contributed by atoms with Crippen molar-refractivity contribution in [1.29, 1.82) is 0 Å². The summed E-state index contributed by atoms with van der Waals surface area (Å²) >= 11 is 0. The van der Waals surface area contributed by atoms with Crippen molar-refractivity contribution in [3.63, 3.8) is 0 Å². The van der Waals surface area contributed by atoms with Crippen molar-refractivity contribution in [1.82, 2.24) is 5.32 Å². The third-order valence-electron chi connectivity index (χ3n) is 4.42. The molecule has 0 saturated heterocycles. The van der Waals surface area contributed by atoms with Crippen molar-refractivity contribution >= 4 is 0 Å². The standard InChI is InChI=1S/C16H23NO2/c1-18-14-4-6-15(7-5-14)19-11-10-17-12-16(8-9-16)13-2-3-13/h4-7,13,17H,2-3,8-12H2,1H3. The van der Waals surface area contributed by atoms with Gasteiger partial charge < -0.3 is 14.8 Å². The van der Waals surface area contributed by atoms with E-state index in [0.29, 0.717) is 5.41 Å². The van der Waals surface area contributed by atoms with Crippen LogP contribution in [0.2, 0.25) is 0 Å². The number of rotatable bonds is 8. The zero-order valence-corrected chi connectivity index (χ0v) is 11.7. The fourth-order valence-corrected chi connectivity index (χ4v) is 2.84. The molecule has 1 aromatic rings. The molecule has 0 aromatic heterocycles. The van der Waals surface area contributed by atoms with Crippen molar-refractivity contribution in [2.75, 3.05) is 26.8 Å². The van der Waals surface area contributed by atoms with Crippen LogP contribution in [0.15, 0.2) is 24.3 Å². The Kier molecular flexibility index (Phi) is 3.65. The minimum atomic E-state index is 0.681. The van der Waals surface area contributed by atoms with E-state index in [-0.39, 0.29) is 0 Å². The van der Waals surface area contributed by atoms with Gasteiger partial charge in [-0.3, -0.25) is 0 Å². The van der Waals surface area contributed by atoms with Crippen LogP contribution in [0.25, 0.3) is 0 Å². The van der Waals surface area contributed by atoms with Crippen LogP contribution in [-0.2, 0) is 0 Å². The molecule has 2 fully saturated rings. The van der Waals surface area contributed by atoms with Crippen molar-refractivity contribution < 1.29 is 9.47 Å². The van der Waals surface area contributed by atoms with E-state index < -0.39 is 0 Å². The summed E-state index contributed by atoms with van der Waals surface area (Å²) in [5.74, 6) is 2.80. The van der Waals surface area contributed by atoms with E-state index >= 15 is 0 Å². The lowest BCUT2D eigenvalue weighted by Crippen LogP contribution is -2.29. The Morgan fingerprint density at radius 3 is 2.42 bits per heavy atom. The monoisotopic (exact) mass is 261 g/mol. The summed E-state index contributed by atoms with van der Waals surface area (Å²) in [6.45, 7) is 2.84. The molecule has 1 N–H and O–H groups in total. The van der Waals surface area contributed by atoms with E-state index in [1.807, 2.05) is 24.3 Å². The van der Waals surface area contributed by atoms with Crippen molar-refractivity contribution in [3.05, 3.63) is 24.3 Å². The average molecular weight is 261 g/mol. The molecule has 1 aromatic carbocycles. The van der Waals surface area contributed by atoms with Crippen LogP contribution in [0, 0.1) is 11.3 Å². The number of methoxy groups -OCH3 is 1. The Balaban J connectivity index is 1.32. The fourth-order valence-electron chi connectivity index (χ4n) is 2.84. The smallest absolute Gasteiger partial charge is 0.119 e. The molecule has 2 aliphatic rings. The Morgan fingerprint density at radius 1 is 1.16 bits per heavy atom. The average Bonchev–Trinajstić information content (AvgIpc) is 3.31. The first-order valence-corrected chi connectivity index (χ1v) is 7.30. The molecule has 19 heavy (non-hydrogen) atoms. The zero-order chi connectivity index (χ0) is 13.1. The molecule has 2 aliphatic carbocycles. The van der Waals surface area contributed by atoms with Gasteiger partial charge in [-0.1, -0.05) is 0 Å². The van der Waals surface area contributed by atoms with Crippen LogP contribution < -0.4 is 14.8 Å². The first kappa shape index (κ1) is 12.8. The van der Waals surface area contributed by atoms with Crippen LogP contribution in [0.4, 0.5) is 0 Å². The summed E-state index contributed by atoms with van der Waals surface area (Å²) in [5, 5.41) is 3.55. The van der Waals surface area contributed by atoms with Gasteiger partial charge in [-0.05, 0) is 61.3 Å². The van der Waals surface area contributed by atoms with Crippen LogP contribution in [0.1, 0.15) is 25.7 Å². The maximum Gasteiger partial charge on any atom is 0.119 e. The molecule has 0 spiro atoms. The lowest BCUT2D eigenvalue weighted by Gasteiger charge is -2.15. The van der Waals surface area contributed by atoms with Gasteiger partial charge in [0.15, 0.2) is 0 Å². The predicted octanol–water partition coefficient (Wildman–Crippen LogP) is 2.85. The number of ether oxygens (including phenoxy) is 2. The lowest BCUT2D eigenvalue weighted by molar-refractivity contribution is 0.301. The van der Waals surface area contributed by atoms with Gasteiger partial charge in [0, 0.05) is 13.1 Å². The molecule has 3 rings (SSSR count). The van der Waals surface area contributed by atoms with Gasteiger partial charge in [0.1, 0.15) is 18.1 Å². The van der Waals surface area contributed by atoms with Crippen LogP contribution in [0.3, 0.4) is 0 Å². The minimum absolute atomic E-state index is 0.681. The van der Waals surface area contributed by atoms with Gasteiger partial charge in [-0.15, -0.1) is 0 Å². The van der Waals surface area contributed by atoms with Crippen LogP contribution in [-0.4, -0.2) is 26.8 Å². The van der Waals surface area contributed by atoms with Gasteiger partial charge in [0.25, 0.3) is 0 Å². The Hall–Kier alpha value is -1.22. The molecule has 0 unspecified atom stereocenters. The molecule has 2 saturated carbocycles. The minimum Gasteiger partial charge on any atom is -0.497 e. The summed E-state index contributed by atoms with van der Waals surface area (Å²) in [6.07, 6.45) is 5.79. The fraction of sp³-hybridized carbons (Fsp3) is 0.625. The zero-order valence-electron chi connectivity index (χ0n) is 11.7. The quantitative estimate of drug-likeness (QED) is 0.730. The second-order valence-corrected chi connectivity index (χ2v) is 5.84. The summed E-state index contributed by atoms with van der Waals surface area (Å²) in [5.41, 5.74) is 0.681. The number of hydrogen-bond acceptors (Lipinski definition) is 3. The molecular weight excluding hydrogens is 238 g/mol. The van der Waals surface area contributed by atoms with Gasteiger partial charge in [0.05, 0.1) is 7.11 Å². The molecule has 104 valence electrons. The molecule has 0 atom stereocenters. The normalized spacial score (nSPS) is 20.1. The third kappa shape index (κ3) is 3.21. The Bertz CT molecular complexity index is 407. The van der Waals surface area contributed by atoms with Gasteiger partial charge >= 0.3 is 0 Å². The second-order valence-electron chi connectivity index (χ2n) is 5.84. The van der Waals surface area contributed by atoms with Gasteiger partial charge in [-0.2, -0.15) is 0 Å². The molecule has 0 heterocycles. The number of nitrogens with one attached hydrogen (secondary N) is 1. The largest absolute Gasteiger partial charge is 0.497 e. The van der Waals surface area contributed by atoms with E-state index in [4.69, 9.17) is 9.47 Å². The third-order valence-corrected chi connectivity index (χ3v) is 4.42. The Labute approximate surface area is 115 Å². The first-order chi connectivity index (χ1) is 9.32. The van der Waals surface area contributed by atoms with Crippen molar-refractivity contribution in [3.8, 4) is 11.5 Å². The van der Waals surface area contributed by atoms with E-state index in [1.54, 1.807) is 7.11 Å². The highest BCUT2D eigenvalue weighted by Crippen LogP contribution is 2.60. The molecule has 3 heteroatoms. The van der Waals surface area contributed by atoms with E-state index in [2.05, 4.69) is 5.32 Å².